The Bertz CT molecular complexity index is 182. The lowest BCUT2D eigenvalue weighted by Gasteiger charge is -2.35. The van der Waals surface area contributed by atoms with Gasteiger partial charge >= 0.3 is 0 Å². The molecule has 0 aliphatic rings. The Morgan fingerprint density at radius 1 is 1.15 bits per heavy atom. The molecule has 0 N–H and O–H groups in total. The Morgan fingerprint density at radius 3 is 1.77 bits per heavy atom. The van der Waals surface area contributed by atoms with Crippen LogP contribution in [0.4, 0.5) is 0 Å². The second-order valence-corrected chi connectivity index (χ2v) is 5.46. The molecule has 0 bridgehead atoms. The summed E-state index contributed by atoms with van der Waals surface area (Å²) in [7, 11) is -4.86. The van der Waals surface area contributed by atoms with Gasteiger partial charge in [0, 0.05) is 21.4 Å². The molecular weight excluding hydrogens is 395 g/mol. The highest BCUT2D eigenvalue weighted by Crippen LogP contribution is 2.33. The maximum Gasteiger partial charge on any atom is 0.0599 e. The molecule has 0 aliphatic carbocycles. The maximum atomic E-state index is 10.2. The molecule has 0 rings (SSSR count). The molecule has 13 heavy (non-hydrogen) atoms. The maximum absolute atomic E-state index is 10.2. The number of phosphoric ester groups is 1. The first-order valence-electron chi connectivity index (χ1n) is 3.23. The van der Waals surface area contributed by atoms with E-state index in [2.05, 4.69) is 52.3 Å². The minimum absolute atomic E-state index is 0.126. The molecule has 0 aromatic heterocycles. The summed E-state index contributed by atoms with van der Waals surface area (Å²) in [5.74, 6) is 0. The van der Waals surface area contributed by atoms with Crippen molar-refractivity contribution in [2.24, 2.45) is 5.41 Å². The molecule has 0 radical (unpaired) electrons. The van der Waals surface area contributed by atoms with E-state index < -0.39 is 13.2 Å². The Kier molecular flexibility index (Phi) is 6.94. The lowest BCUT2D eigenvalue weighted by molar-refractivity contribution is -0.342. The van der Waals surface area contributed by atoms with Crippen molar-refractivity contribution in [3.05, 3.63) is 0 Å². The van der Waals surface area contributed by atoms with Gasteiger partial charge in [-0.05, 0) is 0 Å². The van der Waals surface area contributed by atoms with Gasteiger partial charge in [-0.15, -0.1) is 0 Å². The van der Waals surface area contributed by atoms with E-state index in [1.807, 2.05) is 0 Å². The molecule has 0 spiro atoms. The van der Waals surface area contributed by atoms with E-state index in [-0.39, 0.29) is 6.61 Å². The van der Waals surface area contributed by atoms with Crippen molar-refractivity contribution < 1.29 is 18.9 Å². The quantitative estimate of drug-likeness (QED) is 0.491. The lowest BCUT2D eigenvalue weighted by atomic mass is 9.98. The summed E-state index contributed by atoms with van der Waals surface area (Å²) in [6.45, 7) is -0.126. The first-order chi connectivity index (χ1) is 5.89. The summed E-state index contributed by atoms with van der Waals surface area (Å²) < 4.78 is 14.5. The van der Waals surface area contributed by atoms with Crippen molar-refractivity contribution in [3.63, 3.8) is 0 Å². The molecule has 0 aromatic carbocycles. The van der Waals surface area contributed by atoms with Crippen molar-refractivity contribution in [3.8, 4) is 0 Å². The third kappa shape index (κ3) is 5.87. The van der Waals surface area contributed by atoms with Gasteiger partial charge in [0.05, 0.1) is 14.4 Å². The SMILES string of the molecule is O=P([O-])([O-])OCC(CBr)(CBr)CBr. The molecule has 8 heteroatoms. The van der Waals surface area contributed by atoms with E-state index in [4.69, 9.17) is 0 Å². The van der Waals surface area contributed by atoms with Crippen molar-refractivity contribution in [1.82, 2.24) is 0 Å². The molecule has 0 heterocycles. The van der Waals surface area contributed by atoms with Crippen molar-refractivity contribution in [2.45, 2.75) is 0 Å². The average molecular weight is 403 g/mol. The first kappa shape index (κ1) is 14.6. The fourth-order valence-electron chi connectivity index (χ4n) is 0.439. The molecule has 0 amide bonds. The summed E-state index contributed by atoms with van der Waals surface area (Å²) in [4.78, 5) is 20.5. The smallest absolute Gasteiger partial charge is 0.0599 e. The summed E-state index contributed by atoms with van der Waals surface area (Å²) in [5, 5.41) is 1.61. The fourth-order valence-corrected chi connectivity index (χ4v) is 4.14. The molecule has 4 nitrogen and oxygen atoms in total. The molecule has 0 aliphatic heterocycles. The van der Waals surface area contributed by atoms with Gasteiger partial charge < -0.3 is 18.9 Å². The Hall–Kier alpha value is 1.55. The van der Waals surface area contributed by atoms with Crippen LogP contribution in [0.2, 0.25) is 0 Å². The van der Waals surface area contributed by atoms with E-state index >= 15 is 0 Å². The molecule has 0 saturated heterocycles. The highest BCUT2D eigenvalue weighted by molar-refractivity contribution is 9.10. The zero-order valence-corrected chi connectivity index (χ0v) is 12.2. The molecule has 0 unspecified atom stereocenters. The van der Waals surface area contributed by atoms with Gasteiger partial charge in [-0.3, -0.25) is 0 Å². The van der Waals surface area contributed by atoms with Gasteiger partial charge in [0.25, 0.3) is 0 Å². The Morgan fingerprint density at radius 2 is 1.54 bits per heavy atom. The second kappa shape index (κ2) is 6.20. The molecular formula is C5H8Br3O4P-2. The predicted molar refractivity (Wildman–Crippen MR) is 57.4 cm³/mol. The van der Waals surface area contributed by atoms with Crippen LogP contribution in [-0.4, -0.2) is 22.6 Å². The van der Waals surface area contributed by atoms with E-state index in [9.17, 15) is 14.4 Å². The van der Waals surface area contributed by atoms with Crippen LogP contribution in [0.5, 0.6) is 0 Å². The second-order valence-electron chi connectivity index (χ2n) is 2.62. The number of alkyl halides is 3. The first-order valence-corrected chi connectivity index (χ1v) is 8.06. The molecule has 0 atom stereocenters. The zero-order valence-electron chi connectivity index (χ0n) is 6.54. The minimum Gasteiger partial charge on any atom is -0.790 e. The number of rotatable bonds is 6. The van der Waals surface area contributed by atoms with Crippen LogP contribution in [0.3, 0.4) is 0 Å². The van der Waals surface area contributed by atoms with Crippen LogP contribution in [0.15, 0.2) is 0 Å². The van der Waals surface area contributed by atoms with E-state index in [0.29, 0.717) is 16.0 Å². The molecule has 0 aromatic rings. The zero-order chi connectivity index (χ0) is 10.5. The van der Waals surface area contributed by atoms with Crippen molar-refractivity contribution >= 4 is 55.6 Å². The van der Waals surface area contributed by atoms with Crippen LogP contribution in [0, 0.1) is 5.41 Å². The lowest BCUT2D eigenvalue weighted by Crippen LogP contribution is -2.34. The van der Waals surface area contributed by atoms with Crippen molar-refractivity contribution in [1.29, 1.82) is 0 Å². The summed E-state index contributed by atoms with van der Waals surface area (Å²) >= 11 is 9.68. The van der Waals surface area contributed by atoms with Gasteiger partial charge in [-0.2, -0.15) is 0 Å². The van der Waals surface area contributed by atoms with Crippen LogP contribution in [0.1, 0.15) is 0 Å². The fraction of sp³-hybridized carbons (Fsp3) is 1.00. The third-order valence-electron chi connectivity index (χ3n) is 1.38. The number of phosphoric acid groups is 1. The van der Waals surface area contributed by atoms with Gasteiger partial charge in [0.15, 0.2) is 0 Å². The Balaban J connectivity index is 4.19. The van der Waals surface area contributed by atoms with Gasteiger partial charge in [-0.25, -0.2) is 0 Å². The van der Waals surface area contributed by atoms with Gasteiger partial charge in [-0.1, -0.05) is 47.8 Å². The third-order valence-corrected chi connectivity index (χ3v) is 5.39. The van der Waals surface area contributed by atoms with Crippen molar-refractivity contribution in [2.75, 3.05) is 22.6 Å². The van der Waals surface area contributed by atoms with Crippen LogP contribution in [-0.2, 0) is 9.09 Å². The van der Waals surface area contributed by atoms with E-state index in [0.717, 1.165) is 0 Å². The Labute approximate surface area is 102 Å². The molecule has 0 saturated carbocycles. The van der Waals surface area contributed by atoms with Crippen LogP contribution < -0.4 is 9.79 Å². The van der Waals surface area contributed by atoms with E-state index in [1.54, 1.807) is 0 Å². The number of hydrogen-bond acceptors (Lipinski definition) is 4. The van der Waals surface area contributed by atoms with Gasteiger partial charge in [0.2, 0.25) is 0 Å². The number of halogens is 3. The summed E-state index contributed by atoms with van der Waals surface area (Å²) in [5.41, 5.74) is -0.412. The molecule has 0 fully saturated rings. The molecule has 80 valence electrons. The number of hydrogen-bond donors (Lipinski definition) is 0. The van der Waals surface area contributed by atoms with Gasteiger partial charge in [0.1, 0.15) is 0 Å². The summed E-state index contributed by atoms with van der Waals surface area (Å²) in [6, 6.07) is 0. The topological polar surface area (TPSA) is 72.4 Å². The van der Waals surface area contributed by atoms with Crippen LogP contribution >= 0.6 is 55.6 Å². The van der Waals surface area contributed by atoms with E-state index in [1.165, 1.54) is 0 Å². The predicted octanol–water partition coefficient (Wildman–Crippen LogP) is 1.00. The van der Waals surface area contributed by atoms with Crippen LogP contribution in [0.25, 0.3) is 0 Å². The normalized spacial score (nSPS) is 13.3. The standard InChI is InChI=1S/C5H10Br3O4P/c6-1-5(2-7,3-8)4-12-13(9,10)11/h1-4H2,(H2,9,10,11)/p-2. The largest absolute Gasteiger partial charge is 0.790 e. The summed E-state index contributed by atoms with van der Waals surface area (Å²) in [6.07, 6.45) is 0. The average Bonchev–Trinajstić information content (AvgIpc) is 2.06. The highest BCUT2D eigenvalue weighted by atomic mass is 79.9. The highest BCUT2D eigenvalue weighted by Gasteiger charge is 2.27. The minimum atomic E-state index is -4.86. The monoisotopic (exact) mass is 400 g/mol.